The number of pyridine rings is 1. The van der Waals surface area contributed by atoms with E-state index in [-0.39, 0.29) is 5.97 Å². The van der Waals surface area contributed by atoms with Crippen molar-refractivity contribution >= 4 is 22.6 Å². The molecule has 1 aromatic carbocycles. The maximum atomic E-state index is 12.7. The topological polar surface area (TPSA) is 60.2 Å². The van der Waals surface area contributed by atoms with Gasteiger partial charge in [0.25, 0.3) is 0 Å². The molecule has 6 nitrogen and oxygen atoms in total. The van der Waals surface area contributed by atoms with E-state index in [9.17, 15) is 4.79 Å². The fourth-order valence-corrected chi connectivity index (χ4v) is 4.08. The first-order valence-electron chi connectivity index (χ1n) is 9.79. The van der Waals surface area contributed by atoms with Crippen molar-refractivity contribution < 1.29 is 9.53 Å². The molecule has 1 saturated heterocycles. The summed E-state index contributed by atoms with van der Waals surface area (Å²) in [5.41, 5.74) is 6.03. The van der Waals surface area contributed by atoms with Crippen LogP contribution in [0, 0.1) is 13.8 Å². The van der Waals surface area contributed by atoms with Crippen molar-refractivity contribution in [1.29, 1.82) is 0 Å². The van der Waals surface area contributed by atoms with E-state index < -0.39 is 0 Å². The third-order valence-electron chi connectivity index (χ3n) is 5.73. The Morgan fingerprint density at radius 3 is 2.82 bits per heavy atom. The second-order valence-electron chi connectivity index (χ2n) is 7.52. The van der Waals surface area contributed by atoms with E-state index in [0.29, 0.717) is 18.1 Å². The van der Waals surface area contributed by atoms with E-state index in [1.54, 1.807) is 6.20 Å². The smallest absolute Gasteiger partial charge is 0.341 e. The van der Waals surface area contributed by atoms with Crippen LogP contribution in [0.3, 0.4) is 0 Å². The average molecular weight is 378 g/mol. The van der Waals surface area contributed by atoms with E-state index in [2.05, 4.69) is 47.2 Å². The highest BCUT2D eigenvalue weighted by atomic mass is 16.5. The maximum Gasteiger partial charge on any atom is 0.341 e. The van der Waals surface area contributed by atoms with Crippen molar-refractivity contribution in [3.05, 3.63) is 53.0 Å². The molecule has 28 heavy (non-hydrogen) atoms. The van der Waals surface area contributed by atoms with Crippen LogP contribution >= 0.6 is 0 Å². The molecule has 2 aromatic heterocycles. The summed E-state index contributed by atoms with van der Waals surface area (Å²) in [6, 6.07) is 4.19. The van der Waals surface area contributed by atoms with Crippen LogP contribution in [0.25, 0.3) is 10.9 Å². The molecule has 0 amide bonds. The number of benzene rings is 1. The SMILES string of the molecule is CCOC(=O)c1cnc2c(C)c(C)ccc2c1N1CCC(c2cnn(C)c2)C1. The molecule has 1 fully saturated rings. The van der Waals surface area contributed by atoms with Gasteiger partial charge in [-0.1, -0.05) is 12.1 Å². The number of ether oxygens (including phenoxy) is 1. The number of aryl methyl sites for hydroxylation is 3. The lowest BCUT2D eigenvalue weighted by atomic mass is 10.0. The number of hydrogen-bond acceptors (Lipinski definition) is 5. The summed E-state index contributed by atoms with van der Waals surface area (Å²) >= 11 is 0. The minimum absolute atomic E-state index is 0.310. The standard InChI is InChI=1S/C22H26N4O2/c1-5-28-22(27)19-11-23-20-15(3)14(2)6-7-18(20)21(19)26-9-8-16(13-26)17-10-24-25(4)12-17/h6-7,10-12,16H,5,8-9,13H2,1-4H3. The molecule has 0 radical (unpaired) electrons. The summed E-state index contributed by atoms with van der Waals surface area (Å²) in [6.07, 6.45) is 6.74. The van der Waals surface area contributed by atoms with E-state index in [1.165, 1.54) is 11.1 Å². The number of esters is 1. The molecule has 0 N–H and O–H groups in total. The van der Waals surface area contributed by atoms with E-state index >= 15 is 0 Å². The Kier molecular flexibility index (Phi) is 4.79. The molecule has 1 atom stereocenters. The van der Waals surface area contributed by atoms with E-state index in [1.807, 2.05) is 24.9 Å². The van der Waals surface area contributed by atoms with Crippen LogP contribution in [0.5, 0.6) is 0 Å². The van der Waals surface area contributed by atoms with Crippen LogP contribution in [0.2, 0.25) is 0 Å². The van der Waals surface area contributed by atoms with Gasteiger partial charge in [-0.05, 0) is 43.9 Å². The summed E-state index contributed by atoms with van der Waals surface area (Å²) in [5, 5.41) is 5.33. The zero-order valence-corrected chi connectivity index (χ0v) is 16.9. The van der Waals surface area contributed by atoms with Gasteiger partial charge in [0.2, 0.25) is 0 Å². The van der Waals surface area contributed by atoms with Gasteiger partial charge in [0.1, 0.15) is 5.56 Å². The second kappa shape index (κ2) is 7.26. The lowest BCUT2D eigenvalue weighted by molar-refractivity contribution is 0.0527. The first-order chi connectivity index (χ1) is 13.5. The maximum absolute atomic E-state index is 12.7. The molecule has 6 heteroatoms. The first-order valence-corrected chi connectivity index (χ1v) is 9.79. The Bertz CT molecular complexity index is 1040. The van der Waals surface area contributed by atoms with Crippen molar-refractivity contribution in [2.45, 2.75) is 33.1 Å². The van der Waals surface area contributed by atoms with Gasteiger partial charge in [-0.25, -0.2) is 4.79 Å². The fourth-order valence-electron chi connectivity index (χ4n) is 4.08. The molecule has 0 aliphatic carbocycles. The lowest BCUT2D eigenvalue weighted by Crippen LogP contribution is -2.23. The summed E-state index contributed by atoms with van der Waals surface area (Å²) in [5.74, 6) is 0.0912. The Hall–Kier alpha value is -2.89. The molecule has 0 saturated carbocycles. The number of rotatable bonds is 4. The second-order valence-corrected chi connectivity index (χ2v) is 7.52. The minimum atomic E-state index is -0.310. The molecular formula is C22H26N4O2. The van der Waals surface area contributed by atoms with Crippen LogP contribution in [0.4, 0.5) is 5.69 Å². The van der Waals surface area contributed by atoms with Crippen LogP contribution in [-0.4, -0.2) is 40.4 Å². The molecule has 1 aliphatic rings. The molecular weight excluding hydrogens is 352 g/mol. The number of nitrogens with zero attached hydrogens (tertiary/aromatic N) is 4. The van der Waals surface area contributed by atoms with Crippen LogP contribution < -0.4 is 4.90 Å². The van der Waals surface area contributed by atoms with Gasteiger partial charge in [-0.15, -0.1) is 0 Å². The van der Waals surface area contributed by atoms with Crippen molar-refractivity contribution in [1.82, 2.24) is 14.8 Å². The van der Waals surface area contributed by atoms with E-state index in [4.69, 9.17) is 4.74 Å². The van der Waals surface area contributed by atoms with Crippen molar-refractivity contribution in [2.24, 2.45) is 7.05 Å². The predicted octanol–water partition coefficient (Wildman–Crippen LogP) is 3.76. The van der Waals surface area contributed by atoms with Crippen LogP contribution in [-0.2, 0) is 11.8 Å². The van der Waals surface area contributed by atoms with Crippen LogP contribution in [0.1, 0.15) is 46.3 Å². The zero-order chi connectivity index (χ0) is 19.8. The Labute approximate surface area is 165 Å². The molecule has 3 aromatic rings. The molecule has 3 heterocycles. The third kappa shape index (κ3) is 3.13. The summed E-state index contributed by atoms with van der Waals surface area (Å²) < 4.78 is 7.17. The number of carbonyl (C=O) groups is 1. The number of fused-ring (bicyclic) bond motifs is 1. The van der Waals surface area contributed by atoms with Crippen molar-refractivity contribution in [3.8, 4) is 0 Å². The van der Waals surface area contributed by atoms with Gasteiger partial charge >= 0.3 is 5.97 Å². The Morgan fingerprint density at radius 2 is 2.11 bits per heavy atom. The molecule has 1 unspecified atom stereocenters. The largest absolute Gasteiger partial charge is 0.462 e. The first kappa shape index (κ1) is 18.5. The third-order valence-corrected chi connectivity index (χ3v) is 5.73. The van der Waals surface area contributed by atoms with Gasteiger partial charge < -0.3 is 9.64 Å². The highest BCUT2D eigenvalue weighted by Gasteiger charge is 2.30. The molecule has 0 bridgehead atoms. The molecule has 4 rings (SSSR count). The predicted molar refractivity (Wildman–Crippen MR) is 110 cm³/mol. The fraction of sp³-hybridized carbons (Fsp3) is 0.409. The van der Waals surface area contributed by atoms with Gasteiger partial charge in [0, 0.05) is 43.8 Å². The van der Waals surface area contributed by atoms with Gasteiger partial charge in [-0.2, -0.15) is 5.10 Å². The number of anilines is 1. The quantitative estimate of drug-likeness (QED) is 0.647. The minimum Gasteiger partial charge on any atom is -0.462 e. The molecule has 146 valence electrons. The molecule has 1 aliphatic heterocycles. The van der Waals surface area contributed by atoms with Crippen molar-refractivity contribution in [3.63, 3.8) is 0 Å². The normalized spacial score (nSPS) is 16.7. The Morgan fingerprint density at radius 1 is 1.29 bits per heavy atom. The van der Waals surface area contributed by atoms with E-state index in [0.717, 1.165) is 41.7 Å². The lowest BCUT2D eigenvalue weighted by Gasteiger charge is -2.24. The molecule has 0 spiro atoms. The number of aromatic nitrogens is 3. The van der Waals surface area contributed by atoms with Gasteiger partial charge in [-0.3, -0.25) is 9.67 Å². The highest BCUT2D eigenvalue weighted by molar-refractivity contribution is 6.06. The van der Waals surface area contributed by atoms with Gasteiger partial charge in [0.15, 0.2) is 0 Å². The summed E-state index contributed by atoms with van der Waals surface area (Å²) in [4.78, 5) is 19.6. The van der Waals surface area contributed by atoms with Gasteiger partial charge in [0.05, 0.1) is 24.0 Å². The summed E-state index contributed by atoms with van der Waals surface area (Å²) in [7, 11) is 1.94. The zero-order valence-electron chi connectivity index (χ0n) is 16.9. The average Bonchev–Trinajstić information content (AvgIpc) is 3.33. The Balaban J connectivity index is 1.80. The number of hydrogen-bond donors (Lipinski definition) is 0. The monoisotopic (exact) mass is 378 g/mol. The van der Waals surface area contributed by atoms with Crippen molar-refractivity contribution in [2.75, 3.05) is 24.6 Å². The number of carbonyl (C=O) groups excluding carboxylic acids is 1. The van der Waals surface area contributed by atoms with Crippen LogP contribution in [0.15, 0.2) is 30.7 Å². The summed E-state index contributed by atoms with van der Waals surface area (Å²) in [6.45, 7) is 8.09. The highest BCUT2D eigenvalue weighted by Crippen LogP contribution is 2.37.